The van der Waals surface area contributed by atoms with Crippen molar-refractivity contribution in [2.75, 3.05) is 30.4 Å². The molecular formula is C19H19ClN4O3. The van der Waals surface area contributed by atoms with E-state index >= 15 is 0 Å². The van der Waals surface area contributed by atoms with Crippen LogP contribution in [0.5, 0.6) is 5.75 Å². The van der Waals surface area contributed by atoms with E-state index in [0.29, 0.717) is 36.5 Å². The van der Waals surface area contributed by atoms with Crippen LogP contribution in [-0.4, -0.2) is 35.3 Å². The van der Waals surface area contributed by atoms with Crippen LogP contribution in [0.4, 0.5) is 11.8 Å². The lowest BCUT2D eigenvalue weighted by molar-refractivity contribution is -0.194. The summed E-state index contributed by atoms with van der Waals surface area (Å²) in [6, 6.07) is 11.5. The molecule has 1 aliphatic heterocycles. The second-order valence-corrected chi connectivity index (χ2v) is 6.76. The quantitative estimate of drug-likeness (QED) is 0.630. The molecular weight excluding hydrogens is 368 g/mol. The first-order valence-corrected chi connectivity index (χ1v) is 8.96. The van der Waals surface area contributed by atoms with E-state index < -0.39 is 0 Å². The van der Waals surface area contributed by atoms with Gasteiger partial charge in [-0.1, -0.05) is 23.7 Å². The van der Waals surface area contributed by atoms with Gasteiger partial charge in [-0.05, 0) is 29.8 Å². The maximum atomic E-state index is 9.19. The van der Waals surface area contributed by atoms with Crippen LogP contribution in [0.25, 0.3) is 10.9 Å². The molecule has 1 aromatic heterocycles. The average molecular weight is 387 g/mol. The molecule has 0 aliphatic carbocycles. The summed E-state index contributed by atoms with van der Waals surface area (Å²) < 4.78 is 0. The topological polar surface area (TPSA) is 79.7 Å². The van der Waals surface area contributed by atoms with Crippen LogP contribution >= 0.6 is 11.6 Å². The van der Waals surface area contributed by atoms with Crippen LogP contribution in [0, 0.1) is 0 Å². The Hall–Kier alpha value is -2.61. The Labute approximate surface area is 161 Å². The molecule has 0 saturated carbocycles. The van der Waals surface area contributed by atoms with Gasteiger partial charge in [-0.15, -0.1) is 0 Å². The Balaban J connectivity index is 1.65. The van der Waals surface area contributed by atoms with Crippen molar-refractivity contribution >= 4 is 34.3 Å². The van der Waals surface area contributed by atoms with Crippen molar-refractivity contribution in [2.45, 2.75) is 13.2 Å². The van der Waals surface area contributed by atoms with E-state index in [1.807, 2.05) is 37.4 Å². The molecule has 2 heterocycles. The predicted molar refractivity (Wildman–Crippen MR) is 104 cm³/mol. The Bertz CT molecular complexity index is 983. The minimum Gasteiger partial charge on any atom is -0.395 e. The molecule has 27 heavy (non-hydrogen) atoms. The molecule has 1 aliphatic rings. The van der Waals surface area contributed by atoms with Gasteiger partial charge in [0, 0.05) is 36.1 Å². The SMILES string of the molecule is CN(CCO)c1nc(NCc2ccc3c(c2)OOC3)c2cc(Cl)ccc2n1. The average Bonchev–Trinajstić information content (AvgIpc) is 3.14. The fourth-order valence-corrected chi connectivity index (χ4v) is 3.06. The zero-order valence-electron chi connectivity index (χ0n) is 14.8. The molecule has 2 aromatic carbocycles. The molecule has 7 nitrogen and oxygen atoms in total. The third kappa shape index (κ3) is 3.75. The van der Waals surface area contributed by atoms with Crippen molar-refractivity contribution in [3.05, 3.63) is 52.5 Å². The largest absolute Gasteiger partial charge is 0.395 e. The number of aromatic nitrogens is 2. The van der Waals surface area contributed by atoms with Gasteiger partial charge in [-0.2, -0.15) is 9.87 Å². The van der Waals surface area contributed by atoms with Crippen molar-refractivity contribution in [2.24, 2.45) is 0 Å². The lowest BCUT2D eigenvalue weighted by atomic mass is 10.1. The van der Waals surface area contributed by atoms with Gasteiger partial charge in [0.05, 0.1) is 12.1 Å². The highest BCUT2D eigenvalue weighted by molar-refractivity contribution is 6.31. The number of nitrogens with one attached hydrogen (secondary N) is 1. The second-order valence-electron chi connectivity index (χ2n) is 6.32. The first-order valence-electron chi connectivity index (χ1n) is 8.58. The summed E-state index contributed by atoms with van der Waals surface area (Å²) in [4.78, 5) is 21.1. The summed E-state index contributed by atoms with van der Waals surface area (Å²) in [7, 11) is 1.84. The molecule has 0 fully saturated rings. The summed E-state index contributed by atoms with van der Waals surface area (Å²) in [5.74, 6) is 1.96. The number of benzene rings is 2. The number of fused-ring (bicyclic) bond motifs is 2. The summed E-state index contributed by atoms with van der Waals surface area (Å²) >= 11 is 6.17. The van der Waals surface area contributed by atoms with E-state index in [0.717, 1.165) is 27.8 Å². The molecule has 8 heteroatoms. The maximum absolute atomic E-state index is 9.19. The van der Waals surface area contributed by atoms with Gasteiger partial charge >= 0.3 is 0 Å². The molecule has 0 saturated heterocycles. The number of hydrogen-bond acceptors (Lipinski definition) is 7. The summed E-state index contributed by atoms with van der Waals surface area (Å²) in [5.41, 5.74) is 2.85. The molecule has 0 radical (unpaired) electrons. The normalized spacial score (nSPS) is 12.7. The van der Waals surface area contributed by atoms with Crippen molar-refractivity contribution in [3.63, 3.8) is 0 Å². The lowest BCUT2D eigenvalue weighted by Crippen LogP contribution is -2.23. The van der Waals surface area contributed by atoms with Crippen LogP contribution in [0.15, 0.2) is 36.4 Å². The molecule has 0 unspecified atom stereocenters. The fourth-order valence-electron chi connectivity index (χ4n) is 2.89. The maximum Gasteiger partial charge on any atom is 0.227 e. The smallest absolute Gasteiger partial charge is 0.227 e. The molecule has 4 rings (SSSR count). The highest BCUT2D eigenvalue weighted by atomic mass is 35.5. The molecule has 140 valence electrons. The third-order valence-corrected chi connectivity index (χ3v) is 4.61. The third-order valence-electron chi connectivity index (χ3n) is 4.38. The van der Waals surface area contributed by atoms with E-state index in [1.165, 1.54) is 0 Å². The Morgan fingerprint density at radius 3 is 2.96 bits per heavy atom. The van der Waals surface area contributed by atoms with Gasteiger partial charge in [0.1, 0.15) is 12.4 Å². The number of anilines is 2. The highest BCUT2D eigenvalue weighted by Gasteiger charge is 2.15. The minimum absolute atomic E-state index is 0.0263. The standard InChI is InChI=1S/C19H19ClN4O3/c1-24(6-7-25)19-22-16-5-4-14(20)9-15(16)18(23-19)21-10-12-2-3-13-11-26-27-17(13)8-12/h2-5,8-9,25H,6-7,10-11H2,1H3,(H,21,22,23). The van der Waals surface area contributed by atoms with Crippen LogP contribution < -0.4 is 15.1 Å². The van der Waals surface area contributed by atoms with Gasteiger partial charge in [0.15, 0.2) is 5.75 Å². The summed E-state index contributed by atoms with van der Waals surface area (Å²) in [6.07, 6.45) is 0. The molecule has 0 spiro atoms. The van der Waals surface area contributed by atoms with E-state index in [2.05, 4.69) is 15.3 Å². The summed E-state index contributed by atoms with van der Waals surface area (Å²) in [5, 5.41) is 14.0. The minimum atomic E-state index is 0.0263. The van der Waals surface area contributed by atoms with E-state index in [-0.39, 0.29) is 6.61 Å². The lowest BCUT2D eigenvalue weighted by Gasteiger charge is -2.18. The fraction of sp³-hybridized carbons (Fsp3) is 0.263. The van der Waals surface area contributed by atoms with Gasteiger partial charge in [0.25, 0.3) is 0 Å². The number of likely N-dealkylation sites (N-methyl/N-ethyl adjacent to an activating group) is 1. The van der Waals surface area contributed by atoms with Crippen molar-refractivity contribution in [3.8, 4) is 5.75 Å². The number of hydrogen-bond donors (Lipinski definition) is 2. The zero-order valence-corrected chi connectivity index (χ0v) is 15.5. The summed E-state index contributed by atoms with van der Waals surface area (Å²) in [6.45, 7) is 1.50. The first kappa shape index (κ1) is 17.8. The van der Waals surface area contributed by atoms with E-state index in [9.17, 15) is 5.11 Å². The molecule has 2 N–H and O–H groups in total. The van der Waals surface area contributed by atoms with E-state index in [1.54, 1.807) is 11.0 Å². The highest BCUT2D eigenvalue weighted by Crippen LogP contribution is 2.29. The molecule has 0 atom stereocenters. The molecule has 0 bridgehead atoms. The molecule has 0 amide bonds. The van der Waals surface area contributed by atoms with Crippen molar-refractivity contribution < 1.29 is 14.9 Å². The Morgan fingerprint density at radius 2 is 2.11 bits per heavy atom. The van der Waals surface area contributed by atoms with Gasteiger partial charge < -0.3 is 20.2 Å². The van der Waals surface area contributed by atoms with Gasteiger partial charge in [-0.3, -0.25) is 0 Å². The Morgan fingerprint density at radius 1 is 1.22 bits per heavy atom. The van der Waals surface area contributed by atoms with Crippen molar-refractivity contribution in [1.82, 2.24) is 9.97 Å². The van der Waals surface area contributed by atoms with E-state index in [4.69, 9.17) is 21.4 Å². The first-order chi connectivity index (χ1) is 13.1. The van der Waals surface area contributed by atoms with Crippen molar-refractivity contribution in [1.29, 1.82) is 0 Å². The number of rotatable bonds is 6. The monoisotopic (exact) mass is 386 g/mol. The number of aliphatic hydroxyl groups is 1. The van der Waals surface area contributed by atoms with Crippen LogP contribution in [0.3, 0.4) is 0 Å². The Kier molecular flexibility index (Phi) is 4.98. The van der Waals surface area contributed by atoms with Gasteiger partial charge in [-0.25, -0.2) is 4.98 Å². The predicted octanol–water partition coefficient (Wildman–Crippen LogP) is 3.15. The van der Waals surface area contributed by atoms with Crippen LogP contribution in [0.2, 0.25) is 5.02 Å². The second kappa shape index (κ2) is 7.56. The number of nitrogens with zero attached hydrogens (tertiary/aromatic N) is 3. The number of halogens is 1. The van der Waals surface area contributed by atoms with Crippen LogP contribution in [0.1, 0.15) is 11.1 Å². The number of aliphatic hydroxyl groups excluding tert-OH is 1. The molecule has 3 aromatic rings. The van der Waals surface area contributed by atoms with Crippen LogP contribution in [-0.2, 0) is 18.0 Å². The zero-order chi connectivity index (χ0) is 18.8. The van der Waals surface area contributed by atoms with Gasteiger partial charge in [0.2, 0.25) is 5.95 Å².